The molecule has 1 aromatic carbocycles. The van der Waals surface area contributed by atoms with Gasteiger partial charge in [0.2, 0.25) is 0 Å². The number of carbonyl (C=O) groups excluding carboxylic acids is 1. The third-order valence-electron chi connectivity index (χ3n) is 2.75. The van der Waals surface area contributed by atoms with Crippen LogP contribution in [0.1, 0.15) is 23.1 Å². The summed E-state index contributed by atoms with van der Waals surface area (Å²) >= 11 is 1.45. The number of fused-ring (bicyclic) bond motifs is 3. The normalized spacial score (nSPS) is 12.7. The van der Waals surface area contributed by atoms with Crippen molar-refractivity contribution in [2.75, 3.05) is 6.61 Å². The molecule has 7 heteroatoms. The van der Waals surface area contributed by atoms with Crippen molar-refractivity contribution < 1.29 is 13.9 Å². The Morgan fingerprint density at radius 1 is 1.58 bits per heavy atom. The van der Waals surface area contributed by atoms with Crippen molar-refractivity contribution in [2.45, 2.75) is 17.6 Å². The zero-order valence-electron chi connectivity index (χ0n) is 10.1. The lowest BCUT2D eigenvalue weighted by Gasteiger charge is -2.16. The number of ether oxygens (including phenoxy) is 1. The fourth-order valence-electron chi connectivity index (χ4n) is 1.91. The van der Waals surface area contributed by atoms with Gasteiger partial charge in [0.05, 0.1) is 18.0 Å². The van der Waals surface area contributed by atoms with Crippen LogP contribution in [0.4, 0.5) is 4.39 Å². The lowest BCUT2D eigenvalue weighted by molar-refractivity contribution is 0.0518. The fraction of sp³-hybridized carbons (Fsp3) is 0.250. The summed E-state index contributed by atoms with van der Waals surface area (Å²) in [6, 6.07) is 4.44. The molecular weight excluding hydrogens is 269 g/mol. The first-order valence-electron chi connectivity index (χ1n) is 5.75. The van der Waals surface area contributed by atoms with Gasteiger partial charge in [-0.1, -0.05) is 5.21 Å². The van der Waals surface area contributed by atoms with Gasteiger partial charge < -0.3 is 4.74 Å². The van der Waals surface area contributed by atoms with Crippen LogP contribution in [0.3, 0.4) is 0 Å². The molecule has 0 unspecified atom stereocenters. The summed E-state index contributed by atoms with van der Waals surface area (Å²) in [7, 11) is 0. The van der Waals surface area contributed by atoms with E-state index in [9.17, 15) is 9.18 Å². The molecular formula is C12H10FN3O2S. The molecule has 1 aliphatic heterocycles. The summed E-state index contributed by atoms with van der Waals surface area (Å²) in [4.78, 5) is 12.5. The number of rotatable bonds is 2. The van der Waals surface area contributed by atoms with E-state index in [-0.39, 0.29) is 11.5 Å². The first-order valence-corrected chi connectivity index (χ1v) is 6.73. The van der Waals surface area contributed by atoms with E-state index in [2.05, 4.69) is 10.3 Å². The zero-order chi connectivity index (χ0) is 13.4. The number of halogens is 1. The van der Waals surface area contributed by atoms with Gasteiger partial charge in [-0.05, 0) is 25.1 Å². The highest BCUT2D eigenvalue weighted by Crippen LogP contribution is 2.35. The molecule has 5 nitrogen and oxygen atoms in total. The van der Waals surface area contributed by atoms with Crippen LogP contribution in [0, 0.1) is 5.82 Å². The third-order valence-corrected chi connectivity index (χ3v) is 3.80. The third kappa shape index (κ3) is 1.99. The number of thioether (sulfide) groups is 1. The quantitative estimate of drug-likeness (QED) is 0.789. The Morgan fingerprint density at radius 3 is 3.21 bits per heavy atom. The van der Waals surface area contributed by atoms with Gasteiger partial charge in [0.25, 0.3) is 0 Å². The largest absolute Gasteiger partial charge is 0.461 e. The topological polar surface area (TPSA) is 57.0 Å². The average Bonchev–Trinajstić information content (AvgIpc) is 2.82. The van der Waals surface area contributed by atoms with Gasteiger partial charge in [-0.3, -0.25) is 0 Å². The molecule has 1 aliphatic rings. The first-order chi connectivity index (χ1) is 9.20. The Balaban J connectivity index is 2.07. The molecule has 0 bridgehead atoms. The van der Waals surface area contributed by atoms with Crippen molar-refractivity contribution in [3.05, 3.63) is 35.4 Å². The minimum atomic E-state index is -0.477. The lowest BCUT2D eigenvalue weighted by atomic mass is 10.2. The van der Waals surface area contributed by atoms with E-state index in [0.717, 1.165) is 10.6 Å². The molecule has 0 fully saturated rings. The van der Waals surface area contributed by atoms with E-state index in [1.165, 1.54) is 23.9 Å². The second-order valence-corrected chi connectivity index (χ2v) is 4.93. The Morgan fingerprint density at radius 2 is 2.42 bits per heavy atom. The van der Waals surface area contributed by atoms with Crippen LogP contribution in [0.5, 0.6) is 0 Å². The maximum atomic E-state index is 13.2. The number of benzene rings is 1. The van der Waals surface area contributed by atoms with Crippen LogP contribution in [0.2, 0.25) is 0 Å². The van der Waals surface area contributed by atoms with Crippen LogP contribution in [-0.4, -0.2) is 27.6 Å². The summed E-state index contributed by atoms with van der Waals surface area (Å²) in [5.41, 5.74) is 1.64. The van der Waals surface area contributed by atoms with E-state index < -0.39 is 5.97 Å². The predicted molar refractivity (Wildman–Crippen MR) is 66.8 cm³/mol. The van der Waals surface area contributed by atoms with E-state index in [0.29, 0.717) is 18.1 Å². The number of hydrogen-bond acceptors (Lipinski definition) is 5. The predicted octanol–water partition coefficient (Wildman–Crippen LogP) is 2.19. The molecule has 0 radical (unpaired) electrons. The second kappa shape index (κ2) is 4.65. The monoisotopic (exact) mass is 279 g/mol. The maximum Gasteiger partial charge on any atom is 0.360 e. The molecule has 0 spiro atoms. The van der Waals surface area contributed by atoms with Crippen LogP contribution in [0.15, 0.2) is 23.1 Å². The van der Waals surface area contributed by atoms with Crippen molar-refractivity contribution in [1.29, 1.82) is 0 Å². The van der Waals surface area contributed by atoms with Gasteiger partial charge in [0, 0.05) is 10.6 Å². The van der Waals surface area contributed by atoms with Gasteiger partial charge in [0.15, 0.2) is 5.69 Å². The highest BCUT2D eigenvalue weighted by molar-refractivity contribution is 7.98. The second-order valence-electron chi connectivity index (χ2n) is 3.92. The molecule has 0 saturated carbocycles. The summed E-state index contributed by atoms with van der Waals surface area (Å²) < 4.78 is 19.7. The SMILES string of the molecule is CCOC(=O)c1nnn2c1CSc1cc(F)ccc1-2. The smallest absolute Gasteiger partial charge is 0.360 e. The minimum absolute atomic E-state index is 0.226. The van der Waals surface area contributed by atoms with Crippen molar-refractivity contribution in [2.24, 2.45) is 0 Å². The lowest BCUT2D eigenvalue weighted by Crippen LogP contribution is -2.12. The molecule has 0 amide bonds. The van der Waals surface area contributed by atoms with Crippen molar-refractivity contribution >= 4 is 17.7 Å². The Hall–Kier alpha value is -1.89. The Labute approximate surface area is 112 Å². The molecule has 19 heavy (non-hydrogen) atoms. The van der Waals surface area contributed by atoms with E-state index in [1.807, 2.05) is 0 Å². The van der Waals surface area contributed by atoms with Gasteiger partial charge in [-0.15, -0.1) is 16.9 Å². The zero-order valence-corrected chi connectivity index (χ0v) is 10.9. The van der Waals surface area contributed by atoms with Crippen LogP contribution < -0.4 is 0 Å². The van der Waals surface area contributed by atoms with Gasteiger partial charge in [-0.25, -0.2) is 13.9 Å². The number of hydrogen-bond donors (Lipinski definition) is 0. The van der Waals surface area contributed by atoms with E-state index in [1.54, 1.807) is 17.7 Å². The highest BCUT2D eigenvalue weighted by Gasteiger charge is 2.26. The first kappa shape index (κ1) is 12.2. The average molecular weight is 279 g/mol. The standard InChI is InChI=1S/C12H10FN3O2S/c1-2-18-12(17)11-9-6-19-10-5-7(13)3-4-8(10)16(9)15-14-11/h3-5H,2,6H2,1H3. The molecule has 3 rings (SSSR count). The fourth-order valence-corrected chi connectivity index (χ4v) is 2.96. The Kier molecular flexibility index (Phi) is 2.98. The summed E-state index contributed by atoms with van der Waals surface area (Å²) in [5, 5.41) is 7.83. The summed E-state index contributed by atoms with van der Waals surface area (Å²) in [6.45, 7) is 2.03. The van der Waals surface area contributed by atoms with Crippen LogP contribution >= 0.6 is 11.8 Å². The van der Waals surface area contributed by atoms with E-state index >= 15 is 0 Å². The molecule has 1 aromatic heterocycles. The van der Waals surface area contributed by atoms with Gasteiger partial charge >= 0.3 is 5.97 Å². The molecule has 0 saturated heterocycles. The number of esters is 1. The number of carbonyl (C=O) groups is 1. The maximum absolute atomic E-state index is 13.2. The number of nitrogens with zero attached hydrogens (tertiary/aromatic N) is 3. The van der Waals surface area contributed by atoms with Gasteiger partial charge in [0.1, 0.15) is 5.82 Å². The summed E-state index contributed by atoms with van der Waals surface area (Å²) in [5.74, 6) is -0.257. The molecule has 2 aromatic rings. The van der Waals surface area contributed by atoms with Crippen LogP contribution in [0.25, 0.3) is 5.69 Å². The molecule has 0 N–H and O–H groups in total. The van der Waals surface area contributed by atoms with Gasteiger partial charge in [-0.2, -0.15) is 0 Å². The van der Waals surface area contributed by atoms with Crippen molar-refractivity contribution in [3.63, 3.8) is 0 Å². The van der Waals surface area contributed by atoms with E-state index in [4.69, 9.17) is 4.74 Å². The molecule has 2 heterocycles. The highest BCUT2D eigenvalue weighted by atomic mass is 32.2. The van der Waals surface area contributed by atoms with Crippen LogP contribution in [-0.2, 0) is 10.5 Å². The van der Waals surface area contributed by atoms with Crippen molar-refractivity contribution in [3.8, 4) is 5.69 Å². The van der Waals surface area contributed by atoms with Crippen molar-refractivity contribution in [1.82, 2.24) is 15.0 Å². The molecule has 0 aliphatic carbocycles. The number of aromatic nitrogens is 3. The summed E-state index contributed by atoms with van der Waals surface area (Å²) in [6.07, 6.45) is 0. The molecule has 98 valence electrons. The molecule has 0 atom stereocenters. The Bertz CT molecular complexity index is 656. The minimum Gasteiger partial charge on any atom is -0.461 e.